The van der Waals surface area contributed by atoms with Crippen molar-refractivity contribution in [2.24, 2.45) is 5.92 Å². The number of fused-ring (bicyclic) bond motifs is 1. The maximum absolute atomic E-state index is 12.7. The Balaban J connectivity index is 1.61. The molecule has 1 unspecified atom stereocenters. The van der Waals surface area contributed by atoms with Crippen LogP contribution in [0.3, 0.4) is 0 Å². The second-order valence-corrected chi connectivity index (χ2v) is 5.78. The van der Waals surface area contributed by atoms with E-state index in [1.165, 1.54) is 12.1 Å². The first-order valence-corrected chi connectivity index (χ1v) is 7.59. The lowest BCUT2D eigenvalue weighted by molar-refractivity contribution is -0.137. The van der Waals surface area contributed by atoms with Crippen LogP contribution in [0.25, 0.3) is 0 Å². The Morgan fingerprint density at radius 1 is 1.17 bits per heavy atom. The molecule has 1 N–H and O–H groups in total. The molecule has 1 amide bonds. The van der Waals surface area contributed by atoms with E-state index in [-0.39, 0.29) is 11.5 Å². The molecule has 1 aliphatic heterocycles. The molecule has 0 spiro atoms. The molecule has 0 saturated heterocycles. The minimum Gasteiger partial charge on any atom is -0.493 e. The molecule has 6 heteroatoms. The number of carbonyl (C=O) groups excluding carboxylic acids is 1. The Morgan fingerprint density at radius 3 is 2.75 bits per heavy atom. The van der Waals surface area contributed by atoms with E-state index in [2.05, 4.69) is 5.32 Å². The van der Waals surface area contributed by atoms with Crippen LogP contribution < -0.4 is 10.1 Å². The molecule has 3 nitrogen and oxygen atoms in total. The largest absolute Gasteiger partial charge is 0.493 e. The van der Waals surface area contributed by atoms with E-state index in [4.69, 9.17) is 4.74 Å². The number of para-hydroxylation sites is 1. The summed E-state index contributed by atoms with van der Waals surface area (Å²) >= 11 is 0. The van der Waals surface area contributed by atoms with E-state index in [0.717, 1.165) is 29.9 Å². The first-order valence-electron chi connectivity index (χ1n) is 7.59. The molecule has 3 rings (SSSR count). The topological polar surface area (TPSA) is 38.3 Å². The normalized spacial score (nSPS) is 16.9. The van der Waals surface area contributed by atoms with Crippen molar-refractivity contribution in [3.05, 3.63) is 65.2 Å². The van der Waals surface area contributed by atoms with Crippen LogP contribution in [-0.4, -0.2) is 19.1 Å². The Hall–Kier alpha value is -2.50. The summed E-state index contributed by atoms with van der Waals surface area (Å²) in [5.41, 5.74) is 0.245. The molecule has 24 heavy (non-hydrogen) atoms. The van der Waals surface area contributed by atoms with E-state index < -0.39 is 17.6 Å². The third-order valence-electron chi connectivity index (χ3n) is 3.96. The van der Waals surface area contributed by atoms with Gasteiger partial charge in [-0.15, -0.1) is 0 Å². The van der Waals surface area contributed by atoms with Crippen LogP contribution in [0.4, 0.5) is 13.2 Å². The molecule has 2 aromatic carbocycles. The second-order valence-electron chi connectivity index (χ2n) is 5.78. The highest BCUT2D eigenvalue weighted by Gasteiger charge is 2.31. The molecule has 0 saturated carbocycles. The predicted molar refractivity (Wildman–Crippen MR) is 82.9 cm³/mol. The fraction of sp³-hybridized carbons (Fsp3) is 0.278. The number of nitrogens with one attached hydrogen (secondary N) is 1. The zero-order valence-corrected chi connectivity index (χ0v) is 12.8. The van der Waals surface area contributed by atoms with E-state index in [9.17, 15) is 18.0 Å². The van der Waals surface area contributed by atoms with E-state index in [0.29, 0.717) is 13.2 Å². The number of rotatable bonds is 3. The standard InChI is InChI=1S/C18H16F3NO2/c19-18(20,21)15-6-3-5-14(9-15)17(23)22-10-12-8-13-4-1-2-7-16(13)24-11-12/h1-7,9,12H,8,10-11H2,(H,22,23). The van der Waals surface area contributed by atoms with Crippen molar-refractivity contribution in [3.63, 3.8) is 0 Å². The highest BCUT2D eigenvalue weighted by atomic mass is 19.4. The Morgan fingerprint density at radius 2 is 1.96 bits per heavy atom. The molecule has 2 aromatic rings. The van der Waals surface area contributed by atoms with Gasteiger partial charge in [-0.2, -0.15) is 13.2 Å². The van der Waals surface area contributed by atoms with Gasteiger partial charge in [0.2, 0.25) is 0 Å². The maximum atomic E-state index is 12.7. The Labute approximate surface area is 137 Å². The van der Waals surface area contributed by atoms with Crippen LogP contribution in [0.15, 0.2) is 48.5 Å². The number of amides is 1. The summed E-state index contributed by atoms with van der Waals surface area (Å²) < 4.78 is 43.7. The summed E-state index contributed by atoms with van der Waals surface area (Å²) in [6.07, 6.45) is -3.70. The van der Waals surface area contributed by atoms with Gasteiger partial charge < -0.3 is 10.1 Å². The monoisotopic (exact) mass is 335 g/mol. The van der Waals surface area contributed by atoms with Crippen LogP contribution in [-0.2, 0) is 12.6 Å². The van der Waals surface area contributed by atoms with Gasteiger partial charge in [-0.1, -0.05) is 24.3 Å². The lowest BCUT2D eigenvalue weighted by Gasteiger charge is -2.25. The molecule has 0 bridgehead atoms. The third-order valence-corrected chi connectivity index (χ3v) is 3.96. The lowest BCUT2D eigenvalue weighted by atomic mass is 9.96. The van der Waals surface area contributed by atoms with E-state index in [1.807, 2.05) is 24.3 Å². The number of hydrogen-bond donors (Lipinski definition) is 1. The van der Waals surface area contributed by atoms with Crippen LogP contribution >= 0.6 is 0 Å². The zero-order valence-electron chi connectivity index (χ0n) is 12.8. The van der Waals surface area contributed by atoms with Gasteiger partial charge in [0.05, 0.1) is 12.2 Å². The van der Waals surface area contributed by atoms with Crippen molar-refractivity contribution >= 4 is 5.91 Å². The van der Waals surface area contributed by atoms with Gasteiger partial charge in [0, 0.05) is 18.0 Å². The van der Waals surface area contributed by atoms with Crippen LogP contribution in [0, 0.1) is 5.92 Å². The number of alkyl halides is 3. The summed E-state index contributed by atoms with van der Waals surface area (Å²) in [7, 11) is 0. The summed E-state index contributed by atoms with van der Waals surface area (Å²) in [5.74, 6) is 0.424. The first-order chi connectivity index (χ1) is 11.4. The number of ether oxygens (including phenoxy) is 1. The number of hydrogen-bond acceptors (Lipinski definition) is 2. The van der Waals surface area contributed by atoms with Gasteiger partial charge in [-0.25, -0.2) is 0 Å². The minimum atomic E-state index is -4.46. The number of carbonyl (C=O) groups is 1. The highest BCUT2D eigenvalue weighted by Crippen LogP contribution is 2.29. The number of benzene rings is 2. The molecule has 1 aliphatic rings. The van der Waals surface area contributed by atoms with Crippen molar-refractivity contribution in [2.75, 3.05) is 13.2 Å². The van der Waals surface area contributed by atoms with Gasteiger partial charge in [0.1, 0.15) is 5.75 Å². The van der Waals surface area contributed by atoms with Crippen LogP contribution in [0.1, 0.15) is 21.5 Å². The highest BCUT2D eigenvalue weighted by molar-refractivity contribution is 5.94. The van der Waals surface area contributed by atoms with Crippen molar-refractivity contribution < 1.29 is 22.7 Å². The van der Waals surface area contributed by atoms with Gasteiger partial charge in [0.15, 0.2) is 0 Å². The van der Waals surface area contributed by atoms with Crippen molar-refractivity contribution in [1.29, 1.82) is 0 Å². The minimum absolute atomic E-state index is 0.00181. The van der Waals surface area contributed by atoms with Gasteiger partial charge in [0.25, 0.3) is 5.91 Å². The van der Waals surface area contributed by atoms with Crippen molar-refractivity contribution in [3.8, 4) is 5.75 Å². The zero-order chi connectivity index (χ0) is 17.2. The summed E-state index contributed by atoms with van der Waals surface area (Å²) in [5, 5.41) is 2.69. The maximum Gasteiger partial charge on any atom is 0.416 e. The second kappa shape index (κ2) is 6.55. The Bertz CT molecular complexity index is 743. The van der Waals surface area contributed by atoms with Crippen molar-refractivity contribution in [2.45, 2.75) is 12.6 Å². The molecule has 1 atom stereocenters. The van der Waals surface area contributed by atoms with E-state index in [1.54, 1.807) is 0 Å². The fourth-order valence-corrected chi connectivity index (χ4v) is 2.70. The molecular formula is C18H16F3NO2. The average molecular weight is 335 g/mol. The molecule has 0 aliphatic carbocycles. The van der Waals surface area contributed by atoms with Gasteiger partial charge in [-0.3, -0.25) is 4.79 Å². The predicted octanol–water partition coefficient (Wildman–Crippen LogP) is 3.69. The molecule has 1 heterocycles. The average Bonchev–Trinajstić information content (AvgIpc) is 2.59. The molecule has 126 valence electrons. The molecular weight excluding hydrogens is 319 g/mol. The summed E-state index contributed by atoms with van der Waals surface area (Å²) in [6.45, 7) is 0.823. The lowest BCUT2D eigenvalue weighted by Crippen LogP contribution is -2.34. The fourth-order valence-electron chi connectivity index (χ4n) is 2.70. The van der Waals surface area contributed by atoms with Gasteiger partial charge in [-0.05, 0) is 36.2 Å². The summed E-state index contributed by atoms with van der Waals surface area (Å²) in [6, 6.07) is 12.1. The van der Waals surface area contributed by atoms with Crippen LogP contribution in [0.5, 0.6) is 5.75 Å². The van der Waals surface area contributed by atoms with Gasteiger partial charge >= 0.3 is 6.18 Å². The number of halogens is 3. The molecule has 0 radical (unpaired) electrons. The third kappa shape index (κ3) is 3.69. The molecule has 0 aromatic heterocycles. The first kappa shape index (κ1) is 16.4. The molecule has 0 fully saturated rings. The summed E-state index contributed by atoms with van der Waals surface area (Å²) in [4.78, 5) is 12.1. The van der Waals surface area contributed by atoms with Crippen molar-refractivity contribution in [1.82, 2.24) is 5.32 Å². The Kier molecular flexibility index (Phi) is 4.46. The smallest absolute Gasteiger partial charge is 0.416 e. The van der Waals surface area contributed by atoms with E-state index >= 15 is 0 Å². The van der Waals surface area contributed by atoms with Crippen LogP contribution in [0.2, 0.25) is 0 Å². The quantitative estimate of drug-likeness (QED) is 0.929. The SMILES string of the molecule is O=C(NCC1COc2ccccc2C1)c1cccc(C(F)(F)F)c1.